The molecule has 0 saturated carbocycles. The fourth-order valence-electron chi connectivity index (χ4n) is 1.09. The van der Waals surface area contributed by atoms with Gasteiger partial charge in [0.1, 0.15) is 0 Å². The molecule has 0 radical (unpaired) electrons. The molecule has 2 heteroatoms. The summed E-state index contributed by atoms with van der Waals surface area (Å²) in [6.45, 7) is 4.32. The zero-order valence-corrected chi connectivity index (χ0v) is 7.77. The molecule has 2 nitrogen and oxygen atoms in total. The second-order valence-electron chi connectivity index (χ2n) is 3.33. The zero-order valence-electron chi connectivity index (χ0n) is 7.77. The van der Waals surface area contributed by atoms with Gasteiger partial charge in [-0.1, -0.05) is 33.1 Å². The van der Waals surface area contributed by atoms with Crippen molar-refractivity contribution in [2.24, 2.45) is 5.73 Å². The van der Waals surface area contributed by atoms with Crippen molar-refractivity contribution in [3.8, 4) is 0 Å². The number of unbranched alkanes of at least 4 members (excludes halogenated alkanes) is 2. The van der Waals surface area contributed by atoms with Gasteiger partial charge in [-0.25, -0.2) is 0 Å². The predicted octanol–water partition coefficient (Wildman–Crippen LogP) is 1.67. The first-order valence-corrected chi connectivity index (χ1v) is 4.58. The molecule has 0 saturated heterocycles. The molecular formula is C9H21NO. The Labute approximate surface area is 69.8 Å². The van der Waals surface area contributed by atoms with Gasteiger partial charge in [0.2, 0.25) is 0 Å². The highest BCUT2D eigenvalue weighted by atomic mass is 16.3. The third kappa shape index (κ3) is 4.38. The van der Waals surface area contributed by atoms with Crippen LogP contribution in [0.15, 0.2) is 0 Å². The Morgan fingerprint density at radius 3 is 2.27 bits per heavy atom. The van der Waals surface area contributed by atoms with Crippen LogP contribution in [0.1, 0.15) is 46.0 Å². The largest absolute Gasteiger partial charge is 0.394 e. The van der Waals surface area contributed by atoms with Crippen molar-refractivity contribution in [1.29, 1.82) is 0 Å². The van der Waals surface area contributed by atoms with Crippen LogP contribution in [-0.4, -0.2) is 17.3 Å². The minimum atomic E-state index is -0.310. The van der Waals surface area contributed by atoms with E-state index >= 15 is 0 Å². The molecule has 0 amide bonds. The fraction of sp³-hybridized carbons (Fsp3) is 1.00. The van der Waals surface area contributed by atoms with Crippen molar-refractivity contribution in [3.63, 3.8) is 0 Å². The van der Waals surface area contributed by atoms with E-state index in [0.29, 0.717) is 0 Å². The van der Waals surface area contributed by atoms with Gasteiger partial charge in [0.15, 0.2) is 0 Å². The molecule has 0 aromatic rings. The molecule has 11 heavy (non-hydrogen) atoms. The topological polar surface area (TPSA) is 46.2 Å². The van der Waals surface area contributed by atoms with Crippen LogP contribution in [-0.2, 0) is 0 Å². The second-order valence-corrected chi connectivity index (χ2v) is 3.33. The summed E-state index contributed by atoms with van der Waals surface area (Å²) in [5.41, 5.74) is 5.58. The summed E-state index contributed by atoms with van der Waals surface area (Å²) in [6, 6.07) is 0. The summed E-state index contributed by atoms with van der Waals surface area (Å²) in [4.78, 5) is 0. The van der Waals surface area contributed by atoms with Gasteiger partial charge < -0.3 is 10.8 Å². The Morgan fingerprint density at radius 2 is 1.91 bits per heavy atom. The van der Waals surface area contributed by atoms with Crippen molar-refractivity contribution in [3.05, 3.63) is 0 Å². The fourth-order valence-corrected chi connectivity index (χ4v) is 1.09. The summed E-state index contributed by atoms with van der Waals surface area (Å²) < 4.78 is 0. The van der Waals surface area contributed by atoms with Gasteiger partial charge >= 0.3 is 0 Å². The Bertz CT molecular complexity index is 89.6. The van der Waals surface area contributed by atoms with Gasteiger partial charge in [-0.05, 0) is 12.8 Å². The van der Waals surface area contributed by atoms with Crippen LogP contribution >= 0.6 is 0 Å². The van der Waals surface area contributed by atoms with Gasteiger partial charge in [-0.2, -0.15) is 0 Å². The molecule has 1 atom stereocenters. The van der Waals surface area contributed by atoms with Crippen molar-refractivity contribution < 1.29 is 5.11 Å². The van der Waals surface area contributed by atoms with Crippen molar-refractivity contribution >= 4 is 0 Å². The average molecular weight is 159 g/mol. The molecule has 0 heterocycles. The molecule has 68 valence electrons. The molecule has 0 bridgehead atoms. The second kappa shape index (κ2) is 5.56. The maximum absolute atomic E-state index is 8.96. The van der Waals surface area contributed by atoms with E-state index in [1.54, 1.807) is 0 Å². The highest BCUT2D eigenvalue weighted by molar-refractivity contribution is 4.80. The van der Waals surface area contributed by atoms with Gasteiger partial charge in [0.05, 0.1) is 6.61 Å². The van der Waals surface area contributed by atoms with Crippen LogP contribution in [0.4, 0.5) is 0 Å². The lowest BCUT2D eigenvalue weighted by Gasteiger charge is -2.25. The van der Waals surface area contributed by atoms with Gasteiger partial charge in [-0.15, -0.1) is 0 Å². The first kappa shape index (κ1) is 10.9. The lowest BCUT2D eigenvalue weighted by molar-refractivity contribution is 0.179. The first-order valence-electron chi connectivity index (χ1n) is 4.58. The van der Waals surface area contributed by atoms with E-state index < -0.39 is 0 Å². The molecule has 0 aliphatic carbocycles. The lowest BCUT2D eigenvalue weighted by Crippen LogP contribution is -2.42. The third-order valence-corrected chi connectivity index (χ3v) is 2.30. The molecule has 0 aromatic heterocycles. The van der Waals surface area contributed by atoms with Crippen molar-refractivity contribution in [2.75, 3.05) is 6.61 Å². The molecular weight excluding hydrogens is 138 g/mol. The highest BCUT2D eigenvalue weighted by Gasteiger charge is 2.19. The Hall–Kier alpha value is -0.0800. The normalized spacial score (nSPS) is 16.4. The zero-order chi connectivity index (χ0) is 8.74. The van der Waals surface area contributed by atoms with E-state index in [2.05, 4.69) is 6.92 Å². The van der Waals surface area contributed by atoms with Gasteiger partial charge in [0, 0.05) is 5.54 Å². The van der Waals surface area contributed by atoms with Crippen molar-refractivity contribution in [2.45, 2.75) is 51.5 Å². The average Bonchev–Trinajstić information content (AvgIpc) is 2.05. The number of nitrogens with two attached hydrogens (primary N) is 1. The number of hydrogen-bond donors (Lipinski definition) is 2. The van der Waals surface area contributed by atoms with E-state index in [0.717, 1.165) is 19.3 Å². The smallest absolute Gasteiger partial charge is 0.0611 e. The SMILES string of the molecule is CCCCCC(N)(CC)CO. The molecule has 0 spiro atoms. The van der Waals surface area contributed by atoms with Crippen LogP contribution in [0.5, 0.6) is 0 Å². The summed E-state index contributed by atoms with van der Waals surface area (Å²) in [7, 11) is 0. The first-order chi connectivity index (χ1) is 5.18. The number of hydrogen-bond acceptors (Lipinski definition) is 2. The molecule has 1 unspecified atom stereocenters. The van der Waals surface area contributed by atoms with Gasteiger partial charge in [0.25, 0.3) is 0 Å². The Kier molecular flexibility index (Phi) is 5.51. The number of aliphatic hydroxyl groups excluding tert-OH is 1. The van der Waals surface area contributed by atoms with Crippen molar-refractivity contribution in [1.82, 2.24) is 0 Å². The summed E-state index contributed by atoms with van der Waals surface area (Å²) in [6.07, 6.45) is 5.40. The minimum absolute atomic E-state index is 0.118. The molecule has 3 N–H and O–H groups in total. The van der Waals surface area contributed by atoms with Crippen LogP contribution in [0.3, 0.4) is 0 Å². The quantitative estimate of drug-likeness (QED) is 0.579. The highest BCUT2D eigenvalue weighted by Crippen LogP contribution is 2.15. The van der Waals surface area contributed by atoms with Gasteiger partial charge in [-0.3, -0.25) is 0 Å². The molecule has 0 fully saturated rings. The summed E-state index contributed by atoms with van der Waals surface area (Å²) in [5, 5.41) is 8.96. The monoisotopic (exact) mass is 159 g/mol. The molecule has 0 aromatic carbocycles. The maximum Gasteiger partial charge on any atom is 0.0611 e. The van der Waals surface area contributed by atoms with Crippen LogP contribution in [0.2, 0.25) is 0 Å². The van der Waals surface area contributed by atoms with E-state index in [-0.39, 0.29) is 12.1 Å². The van der Waals surface area contributed by atoms with Crippen LogP contribution in [0.25, 0.3) is 0 Å². The molecule has 0 aliphatic heterocycles. The summed E-state index contributed by atoms with van der Waals surface area (Å²) >= 11 is 0. The van der Waals surface area contributed by atoms with Crippen LogP contribution < -0.4 is 5.73 Å². The lowest BCUT2D eigenvalue weighted by atomic mass is 9.92. The molecule has 0 aliphatic rings. The Morgan fingerprint density at radius 1 is 1.27 bits per heavy atom. The number of rotatable bonds is 6. The maximum atomic E-state index is 8.96. The third-order valence-electron chi connectivity index (χ3n) is 2.30. The van der Waals surface area contributed by atoms with E-state index in [4.69, 9.17) is 10.8 Å². The molecule has 0 rings (SSSR count). The Balaban J connectivity index is 3.51. The minimum Gasteiger partial charge on any atom is -0.394 e. The summed E-state index contributed by atoms with van der Waals surface area (Å²) in [5.74, 6) is 0. The van der Waals surface area contributed by atoms with Crippen LogP contribution in [0, 0.1) is 0 Å². The number of aliphatic hydroxyl groups is 1. The standard InChI is InChI=1S/C9H21NO/c1-3-5-6-7-9(10,4-2)8-11/h11H,3-8,10H2,1-2H3. The predicted molar refractivity (Wildman–Crippen MR) is 48.4 cm³/mol. The van der Waals surface area contributed by atoms with E-state index in [1.807, 2.05) is 6.92 Å². The van der Waals surface area contributed by atoms with E-state index in [9.17, 15) is 0 Å². The van der Waals surface area contributed by atoms with E-state index in [1.165, 1.54) is 12.8 Å².